The smallest absolute Gasteiger partial charge is 0.237 e. The molecule has 1 unspecified atom stereocenters. The van der Waals surface area contributed by atoms with Gasteiger partial charge < -0.3 is 5.32 Å². The minimum Gasteiger partial charge on any atom is -0.322 e. The number of carbonyl (C=O) groups is 1. The topological polar surface area (TPSA) is 77.6 Å². The van der Waals surface area contributed by atoms with Crippen LogP contribution in [0.1, 0.15) is 37.2 Å². The van der Waals surface area contributed by atoms with Gasteiger partial charge in [0.25, 0.3) is 0 Å². The van der Waals surface area contributed by atoms with E-state index < -0.39 is 0 Å². The first kappa shape index (κ1) is 18.2. The van der Waals surface area contributed by atoms with Gasteiger partial charge in [0.1, 0.15) is 0 Å². The average Bonchev–Trinajstić information content (AvgIpc) is 3.07. The maximum absolute atomic E-state index is 12.7. The summed E-state index contributed by atoms with van der Waals surface area (Å²) in [4.78, 5) is 13.8. The van der Waals surface area contributed by atoms with Gasteiger partial charge in [-0.25, -0.2) is 0 Å². The first-order valence-electron chi connectivity index (χ1n) is 8.92. The number of thiophene rings is 1. The lowest BCUT2D eigenvalue weighted by Gasteiger charge is -2.13. The van der Waals surface area contributed by atoms with Crippen molar-refractivity contribution < 1.29 is 4.79 Å². The predicted octanol–water partition coefficient (Wildman–Crippen LogP) is 3.81. The van der Waals surface area contributed by atoms with E-state index in [2.05, 4.69) is 31.2 Å². The lowest BCUT2D eigenvalue weighted by Crippen LogP contribution is -2.23. The predicted molar refractivity (Wildman–Crippen MR) is 108 cm³/mol. The Morgan fingerprint density at radius 2 is 2.15 bits per heavy atom. The van der Waals surface area contributed by atoms with Gasteiger partial charge in [0, 0.05) is 13.1 Å². The van der Waals surface area contributed by atoms with Crippen LogP contribution in [-0.4, -0.2) is 35.7 Å². The number of thioether (sulfide) groups is 1. The van der Waals surface area contributed by atoms with Gasteiger partial charge in [-0.2, -0.15) is 5.10 Å². The second-order valence-electron chi connectivity index (χ2n) is 6.80. The van der Waals surface area contributed by atoms with E-state index in [1.54, 1.807) is 16.0 Å². The van der Waals surface area contributed by atoms with E-state index in [0.29, 0.717) is 6.04 Å². The number of nitrogens with zero attached hydrogens (tertiary/aromatic N) is 5. The molecule has 142 valence electrons. The Hall–Kier alpha value is -2.13. The van der Waals surface area contributed by atoms with Crippen LogP contribution in [0.4, 0.5) is 5.69 Å². The molecular weight excluding hydrogens is 380 g/mol. The molecule has 1 aliphatic carbocycles. The molecule has 3 aromatic rings. The number of hydrogen-bond acceptors (Lipinski definition) is 6. The Morgan fingerprint density at radius 1 is 1.37 bits per heavy atom. The molecule has 1 fully saturated rings. The summed E-state index contributed by atoms with van der Waals surface area (Å²) >= 11 is 3.12. The molecule has 0 spiro atoms. The highest BCUT2D eigenvalue weighted by Gasteiger charge is 2.32. The summed E-state index contributed by atoms with van der Waals surface area (Å²) in [5.41, 5.74) is 2.55. The molecule has 27 heavy (non-hydrogen) atoms. The summed E-state index contributed by atoms with van der Waals surface area (Å²) in [6.45, 7) is 5.75. The van der Waals surface area contributed by atoms with E-state index in [4.69, 9.17) is 0 Å². The Morgan fingerprint density at radius 3 is 2.74 bits per heavy atom. The minimum absolute atomic E-state index is 0.0535. The Labute approximate surface area is 166 Å². The fraction of sp³-hybridized carbons (Fsp3) is 0.444. The number of anilines is 1. The van der Waals surface area contributed by atoms with Crippen molar-refractivity contribution in [3.8, 4) is 10.7 Å². The van der Waals surface area contributed by atoms with Crippen molar-refractivity contribution in [2.75, 3.05) is 5.32 Å². The Balaban J connectivity index is 1.53. The fourth-order valence-corrected chi connectivity index (χ4v) is 4.61. The number of aryl methyl sites for hydroxylation is 2. The summed E-state index contributed by atoms with van der Waals surface area (Å²) in [6, 6.07) is 4.53. The van der Waals surface area contributed by atoms with Gasteiger partial charge in [-0.15, -0.1) is 21.5 Å². The van der Waals surface area contributed by atoms with E-state index in [0.717, 1.165) is 45.8 Å². The van der Waals surface area contributed by atoms with Gasteiger partial charge in [0.05, 0.1) is 27.2 Å². The molecule has 4 rings (SSSR count). The first-order chi connectivity index (χ1) is 13.0. The minimum atomic E-state index is -0.290. The maximum atomic E-state index is 12.7. The molecule has 0 bridgehead atoms. The van der Waals surface area contributed by atoms with Crippen LogP contribution >= 0.6 is 23.1 Å². The molecule has 0 aromatic carbocycles. The van der Waals surface area contributed by atoms with Gasteiger partial charge >= 0.3 is 0 Å². The largest absolute Gasteiger partial charge is 0.322 e. The number of nitrogens with one attached hydrogen (secondary N) is 1. The molecule has 1 amide bonds. The van der Waals surface area contributed by atoms with E-state index in [-0.39, 0.29) is 11.2 Å². The number of hydrogen-bond donors (Lipinski definition) is 1. The third kappa shape index (κ3) is 3.53. The summed E-state index contributed by atoms with van der Waals surface area (Å²) in [7, 11) is 1.88. The van der Waals surface area contributed by atoms with Crippen molar-refractivity contribution in [2.24, 2.45) is 7.05 Å². The summed E-state index contributed by atoms with van der Waals surface area (Å²) < 4.78 is 3.97. The zero-order valence-electron chi connectivity index (χ0n) is 15.8. The molecule has 1 saturated carbocycles. The SMILES string of the molecule is Cc1nn(C)c(C)c1NC(=O)C(C)Sc1nnc(-c2cccs2)n1C1CC1. The third-order valence-electron chi connectivity index (χ3n) is 4.73. The summed E-state index contributed by atoms with van der Waals surface area (Å²) in [5, 5.41) is 18.7. The van der Waals surface area contributed by atoms with E-state index in [9.17, 15) is 4.79 Å². The van der Waals surface area contributed by atoms with Crippen molar-refractivity contribution in [3.63, 3.8) is 0 Å². The van der Waals surface area contributed by atoms with Crippen LogP contribution in [0.15, 0.2) is 22.7 Å². The average molecular weight is 403 g/mol. The second kappa shape index (κ2) is 7.12. The van der Waals surface area contributed by atoms with Crippen molar-refractivity contribution in [2.45, 2.75) is 50.1 Å². The zero-order valence-corrected chi connectivity index (χ0v) is 17.4. The molecule has 3 heterocycles. The van der Waals surface area contributed by atoms with Crippen LogP contribution in [0.5, 0.6) is 0 Å². The van der Waals surface area contributed by atoms with Crippen LogP contribution in [0, 0.1) is 13.8 Å². The standard InChI is InChI=1S/C18H22N6OS2/c1-10-15(11(2)23(4)22-10)19-17(25)12(3)27-18-21-20-16(14-6-5-9-26-14)24(18)13-7-8-13/h5-6,9,12-13H,7-8H2,1-4H3,(H,19,25). The highest BCUT2D eigenvalue weighted by molar-refractivity contribution is 8.00. The summed E-state index contributed by atoms with van der Waals surface area (Å²) in [5.74, 6) is 0.851. The van der Waals surface area contributed by atoms with Crippen LogP contribution < -0.4 is 5.32 Å². The third-order valence-corrected chi connectivity index (χ3v) is 6.65. The molecule has 3 aromatic heterocycles. The van der Waals surface area contributed by atoms with Crippen LogP contribution in [0.2, 0.25) is 0 Å². The monoisotopic (exact) mass is 402 g/mol. The second-order valence-corrected chi connectivity index (χ2v) is 9.06. The molecule has 7 nitrogen and oxygen atoms in total. The van der Waals surface area contributed by atoms with Gasteiger partial charge in [0.2, 0.25) is 5.91 Å². The van der Waals surface area contributed by atoms with Crippen molar-refractivity contribution in [1.82, 2.24) is 24.5 Å². The first-order valence-corrected chi connectivity index (χ1v) is 10.7. The van der Waals surface area contributed by atoms with Crippen LogP contribution in [0.3, 0.4) is 0 Å². The number of rotatable bonds is 6. The van der Waals surface area contributed by atoms with Gasteiger partial charge in [-0.1, -0.05) is 17.8 Å². The van der Waals surface area contributed by atoms with E-state index >= 15 is 0 Å². The zero-order chi connectivity index (χ0) is 19.1. The molecule has 9 heteroatoms. The summed E-state index contributed by atoms with van der Waals surface area (Å²) in [6.07, 6.45) is 2.28. The van der Waals surface area contributed by atoms with Gasteiger partial charge in [0.15, 0.2) is 11.0 Å². The normalized spacial score (nSPS) is 15.1. The van der Waals surface area contributed by atoms with Crippen molar-refractivity contribution >= 4 is 34.7 Å². The van der Waals surface area contributed by atoms with Crippen LogP contribution in [-0.2, 0) is 11.8 Å². The number of aromatic nitrogens is 5. The molecule has 1 N–H and O–H groups in total. The quantitative estimate of drug-likeness (QED) is 0.635. The molecular formula is C18H22N6OS2. The number of amides is 1. The molecule has 0 radical (unpaired) electrons. The van der Waals surface area contributed by atoms with Crippen LogP contribution in [0.25, 0.3) is 10.7 Å². The lowest BCUT2D eigenvalue weighted by molar-refractivity contribution is -0.115. The van der Waals surface area contributed by atoms with Gasteiger partial charge in [-0.3, -0.25) is 14.0 Å². The molecule has 0 aliphatic heterocycles. The molecule has 1 atom stereocenters. The van der Waals surface area contributed by atoms with Crippen molar-refractivity contribution in [3.05, 3.63) is 28.9 Å². The van der Waals surface area contributed by atoms with Gasteiger partial charge in [-0.05, 0) is 45.1 Å². The van der Waals surface area contributed by atoms with Crippen molar-refractivity contribution in [1.29, 1.82) is 0 Å². The highest BCUT2D eigenvalue weighted by Crippen LogP contribution is 2.42. The van der Waals surface area contributed by atoms with E-state index in [1.807, 2.05) is 39.3 Å². The highest BCUT2D eigenvalue weighted by atomic mass is 32.2. The molecule has 0 saturated heterocycles. The molecule has 1 aliphatic rings. The Kier molecular flexibility index (Phi) is 4.81. The fourth-order valence-electron chi connectivity index (χ4n) is 2.98. The Bertz CT molecular complexity index is 971. The maximum Gasteiger partial charge on any atom is 0.237 e. The lowest BCUT2D eigenvalue weighted by atomic mass is 10.3. The number of carbonyl (C=O) groups excluding carboxylic acids is 1. The van der Waals surface area contributed by atoms with E-state index in [1.165, 1.54) is 11.8 Å².